The van der Waals surface area contributed by atoms with E-state index in [9.17, 15) is 0 Å². The molecule has 2 N–H and O–H groups in total. The third-order valence-corrected chi connectivity index (χ3v) is 1.86. The smallest absolute Gasteiger partial charge is 0.141 e. The van der Waals surface area contributed by atoms with Crippen molar-refractivity contribution in [2.45, 2.75) is 6.54 Å². The fourth-order valence-electron chi connectivity index (χ4n) is 1.10. The van der Waals surface area contributed by atoms with Crippen LogP contribution in [-0.2, 0) is 11.3 Å². The Hall–Kier alpha value is -1.04. The summed E-state index contributed by atoms with van der Waals surface area (Å²) in [7, 11) is 1.70. The van der Waals surface area contributed by atoms with Gasteiger partial charge in [0.05, 0.1) is 13.2 Å². The summed E-state index contributed by atoms with van der Waals surface area (Å²) in [6, 6.07) is 1.82. The Balaban J connectivity index is 1.93. The monoisotopic (exact) mass is 210 g/mol. The lowest BCUT2D eigenvalue weighted by molar-refractivity contribution is 0.199. The second-order valence-corrected chi connectivity index (χ2v) is 3.08. The molecular weight excluding hydrogens is 192 g/mol. The first-order chi connectivity index (χ1) is 7.43. The van der Waals surface area contributed by atoms with Crippen molar-refractivity contribution in [3.05, 3.63) is 24.3 Å². The minimum Gasteiger partial charge on any atom is -0.383 e. The standard InChI is InChI=1S/C10H18N4O/c1-15-8-7-11-5-6-12-9-10-13-3-2-4-14-10/h2-4,11-12H,5-9H2,1H3. The Bertz CT molecular complexity index is 242. The van der Waals surface area contributed by atoms with Gasteiger partial charge < -0.3 is 15.4 Å². The normalized spacial score (nSPS) is 10.5. The lowest BCUT2D eigenvalue weighted by Crippen LogP contribution is -2.29. The van der Waals surface area contributed by atoms with E-state index < -0.39 is 0 Å². The van der Waals surface area contributed by atoms with E-state index in [1.165, 1.54) is 0 Å². The molecule has 0 saturated heterocycles. The van der Waals surface area contributed by atoms with Crippen LogP contribution in [0.15, 0.2) is 18.5 Å². The van der Waals surface area contributed by atoms with Gasteiger partial charge in [-0.25, -0.2) is 9.97 Å². The van der Waals surface area contributed by atoms with Crippen LogP contribution in [0.5, 0.6) is 0 Å². The van der Waals surface area contributed by atoms with Crippen LogP contribution >= 0.6 is 0 Å². The van der Waals surface area contributed by atoms with Crippen LogP contribution in [0.1, 0.15) is 5.82 Å². The average Bonchev–Trinajstić information content (AvgIpc) is 2.29. The lowest BCUT2D eigenvalue weighted by atomic mass is 10.5. The number of hydrogen-bond acceptors (Lipinski definition) is 5. The van der Waals surface area contributed by atoms with Gasteiger partial charge in [0, 0.05) is 39.1 Å². The zero-order valence-corrected chi connectivity index (χ0v) is 9.07. The highest BCUT2D eigenvalue weighted by atomic mass is 16.5. The van der Waals surface area contributed by atoms with Crippen molar-refractivity contribution >= 4 is 0 Å². The van der Waals surface area contributed by atoms with Gasteiger partial charge in [0.2, 0.25) is 0 Å². The molecule has 5 nitrogen and oxygen atoms in total. The van der Waals surface area contributed by atoms with Gasteiger partial charge in [-0.3, -0.25) is 0 Å². The van der Waals surface area contributed by atoms with Gasteiger partial charge in [-0.05, 0) is 6.07 Å². The molecule has 0 unspecified atom stereocenters. The van der Waals surface area contributed by atoms with E-state index in [1.54, 1.807) is 19.5 Å². The molecule has 1 aromatic heterocycles. The number of hydrogen-bond donors (Lipinski definition) is 2. The minimum atomic E-state index is 0.715. The number of methoxy groups -OCH3 is 1. The first-order valence-corrected chi connectivity index (χ1v) is 5.09. The lowest BCUT2D eigenvalue weighted by Gasteiger charge is -2.05. The Morgan fingerprint density at radius 1 is 1.13 bits per heavy atom. The second kappa shape index (κ2) is 8.28. The Morgan fingerprint density at radius 3 is 2.60 bits per heavy atom. The SMILES string of the molecule is COCCNCCNCc1ncccn1. The number of ether oxygens (including phenoxy) is 1. The molecule has 1 rings (SSSR count). The maximum Gasteiger partial charge on any atom is 0.141 e. The maximum atomic E-state index is 4.91. The summed E-state index contributed by atoms with van der Waals surface area (Å²) in [5.74, 6) is 0.828. The zero-order valence-electron chi connectivity index (χ0n) is 9.07. The topological polar surface area (TPSA) is 59.1 Å². The van der Waals surface area contributed by atoms with Crippen molar-refractivity contribution in [1.82, 2.24) is 20.6 Å². The molecule has 5 heteroatoms. The Labute approximate surface area is 90.3 Å². The van der Waals surface area contributed by atoms with Gasteiger partial charge in [0.1, 0.15) is 5.82 Å². The number of nitrogens with one attached hydrogen (secondary N) is 2. The van der Waals surface area contributed by atoms with E-state index in [1.807, 2.05) is 6.07 Å². The van der Waals surface area contributed by atoms with E-state index >= 15 is 0 Å². The quantitative estimate of drug-likeness (QED) is 0.582. The second-order valence-electron chi connectivity index (χ2n) is 3.08. The van der Waals surface area contributed by atoms with Crippen molar-refractivity contribution in [2.75, 3.05) is 33.4 Å². The molecule has 0 aliphatic rings. The first-order valence-electron chi connectivity index (χ1n) is 5.09. The van der Waals surface area contributed by atoms with Gasteiger partial charge in [-0.1, -0.05) is 0 Å². The molecule has 0 spiro atoms. The molecule has 0 aromatic carbocycles. The van der Waals surface area contributed by atoms with Crippen molar-refractivity contribution in [3.63, 3.8) is 0 Å². The summed E-state index contributed by atoms with van der Waals surface area (Å²) < 4.78 is 4.91. The highest BCUT2D eigenvalue weighted by Crippen LogP contribution is 1.84. The van der Waals surface area contributed by atoms with Crippen LogP contribution in [0, 0.1) is 0 Å². The summed E-state index contributed by atoms with van der Waals surface area (Å²) in [4.78, 5) is 8.22. The van der Waals surface area contributed by atoms with E-state index in [2.05, 4.69) is 20.6 Å². The first kappa shape index (κ1) is 12.0. The summed E-state index contributed by atoms with van der Waals surface area (Å²) in [5.41, 5.74) is 0. The predicted octanol–water partition coefficient (Wildman–Crippen LogP) is -0.198. The van der Waals surface area contributed by atoms with Gasteiger partial charge in [0.25, 0.3) is 0 Å². The molecule has 0 amide bonds. The maximum absolute atomic E-state index is 4.91. The van der Waals surface area contributed by atoms with E-state index in [0.717, 1.165) is 32.1 Å². The van der Waals surface area contributed by atoms with Crippen molar-refractivity contribution in [2.24, 2.45) is 0 Å². The molecule has 0 fully saturated rings. The number of rotatable bonds is 8. The Kier molecular flexibility index (Phi) is 6.64. The van der Waals surface area contributed by atoms with Gasteiger partial charge in [-0.2, -0.15) is 0 Å². The van der Waals surface area contributed by atoms with Crippen molar-refractivity contribution < 1.29 is 4.74 Å². The van der Waals surface area contributed by atoms with Gasteiger partial charge in [-0.15, -0.1) is 0 Å². The molecule has 0 atom stereocenters. The fourth-order valence-corrected chi connectivity index (χ4v) is 1.10. The van der Waals surface area contributed by atoms with Crippen LogP contribution in [0.2, 0.25) is 0 Å². The molecule has 0 radical (unpaired) electrons. The highest BCUT2D eigenvalue weighted by molar-refractivity contribution is 4.87. The van der Waals surface area contributed by atoms with Gasteiger partial charge >= 0.3 is 0 Å². The van der Waals surface area contributed by atoms with Crippen LogP contribution in [0.25, 0.3) is 0 Å². The zero-order chi connectivity index (χ0) is 10.8. The molecule has 0 bridgehead atoms. The number of nitrogens with zero attached hydrogens (tertiary/aromatic N) is 2. The van der Waals surface area contributed by atoms with E-state index in [-0.39, 0.29) is 0 Å². The van der Waals surface area contributed by atoms with Crippen LogP contribution in [0.3, 0.4) is 0 Å². The summed E-state index contributed by atoms with van der Waals surface area (Å²) in [6.45, 7) is 4.19. The molecule has 15 heavy (non-hydrogen) atoms. The van der Waals surface area contributed by atoms with Crippen molar-refractivity contribution in [1.29, 1.82) is 0 Å². The predicted molar refractivity (Wildman–Crippen MR) is 58.5 cm³/mol. The molecule has 1 aromatic rings. The summed E-state index contributed by atoms with van der Waals surface area (Å²) in [6.07, 6.45) is 3.50. The minimum absolute atomic E-state index is 0.715. The highest BCUT2D eigenvalue weighted by Gasteiger charge is 1.92. The molecule has 0 aliphatic carbocycles. The van der Waals surface area contributed by atoms with Crippen LogP contribution in [-0.4, -0.2) is 43.3 Å². The molecule has 1 heterocycles. The van der Waals surface area contributed by atoms with Crippen molar-refractivity contribution in [3.8, 4) is 0 Å². The molecule has 84 valence electrons. The van der Waals surface area contributed by atoms with Crippen LogP contribution in [0.4, 0.5) is 0 Å². The molecular formula is C10H18N4O. The number of aromatic nitrogens is 2. The third kappa shape index (κ3) is 6.11. The van der Waals surface area contributed by atoms with E-state index in [4.69, 9.17) is 4.74 Å². The average molecular weight is 210 g/mol. The molecule has 0 saturated carbocycles. The van der Waals surface area contributed by atoms with E-state index in [0.29, 0.717) is 6.54 Å². The summed E-state index contributed by atoms with van der Waals surface area (Å²) in [5, 5.41) is 6.49. The van der Waals surface area contributed by atoms with Crippen LogP contribution < -0.4 is 10.6 Å². The molecule has 0 aliphatic heterocycles. The summed E-state index contributed by atoms with van der Waals surface area (Å²) >= 11 is 0. The Morgan fingerprint density at radius 2 is 1.87 bits per heavy atom. The third-order valence-electron chi connectivity index (χ3n) is 1.86. The van der Waals surface area contributed by atoms with Gasteiger partial charge in [0.15, 0.2) is 0 Å². The largest absolute Gasteiger partial charge is 0.383 e. The fraction of sp³-hybridized carbons (Fsp3) is 0.600.